The molecule has 0 atom stereocenters. The van der Waals surface area contributed by atoms with Crippen molar-refractivity contribution >= 4 is 23.4 Å². The molecule has 25 heavy (non-hydrogen) atoms. The van der Waals surface area contributed by atoms with Crippen LogP contribution in [0.1, 0.15) is 33.5 Å². The summed E-state index contributed by atoms with van der Waals surface area (Å²) in [5.41, 5.74) is 1.49. The Morgan fingerprint density at radius 2 is 1.76 bits per heavy atom. The fourth-order valence-corrected chi connectivity index (χ4v) is 2.49. The van der Waals surface area contributed by atoms with Crippen LogP contribution < -0.4 is 0 Å². The van der Waals surface area contributed by atoms with Crippen molar-refractivity contribution in [1.82, 2.24) is 9.78 Å². The van der Waals surface area contributed by atoms with Gasteiger partial charge in [0, 0.05) is 16.7 Å². The SMILES string of the molecule is CCOC(=O)c1cc(C(=O)c2ccccc2)n(-c2ccc(Cl)cc2)n1. The number of aromatic nitrogens is 2. The molecule has 0 saturated carbocycles. The van der Waals surface area contributed by atoms with Crippen LogP contribution in [0.2, 0.25) is 5.02 Å². The van der Waals surface area contributed by atoms with Gasteiger partial charge in [-0.25, -0.2) is 9.48 Å². The van der Waals surface area contributed by atoms with Gasteiger partial charge in [-0.1, -0.05) is 41.9 Å². The molecule has 0 radical (unpaired) electrons. The molecule has 2 aromatic carbocycles. The van der Waals surface area contributed by atoms with Gasteiger partial charge in [-0.2, -0.15) is 5.10 Å². The van der Waals surface area contributed by atoms with E-state index in [1.807, 2.05) is 6.07 Å². The number of nitrogens with zero attached hydrogens (tertiary/aromatic N) is 2. The Morgan fingerprint density at radius 3 is 2.40 bits per heavy atom. The fraction of sp³-hybridized carbons (Fsp3) is 0.105. The molecule has 0 spiro atoms. The van der Waals surface area contributed by atoms with Crippen molar-refractivity contribution in [2.24, 2.45) is 0 Å². The van der Waals surface area contributed by atoms with E-state index in [9.17, 15) is 9.59 Å². The molecule has 0 aliphatic heterocycles. The normalized spacial score (nSPS) is 10.5. The van der Waals surface area contributed by atoms with E-state index in [1.54, 1.807) is 55.5 Å². The molecule has 0 amide bonds. The first-order valence-electron chi connectivity index (χ1n) is 7.73. The molecular weight excluding hydrogens is 340 g/mol. The summed E-state index contributed by atoms with van der Waals surface area (Å²) in [5, 5.41) is 4.82. The zero-order valence-corrected chi connectivity index (χ0v) is 14.2. The first-order valence-corrected chi connectivity index (χ1v) is 8.11. The van der Waals surface area contributed by atoms with E-state index in [1.165, 1.54) is 10.7 Å². The van der Waals surface area contributed by atoms with Gasteiger partial charge in [-0.15, -0.1) is 0 Å². The van der Waals surface area contributed by atoms with Gasteiger partial charge >= 0.3 is 5.97 Å². The minimum absolute atomic E-state index is 0.0797. The topological polar surface area (TPSA) is 61.2 Å². The molecule has 3 aromatic rings. The van der Waals surface area contributed by atoms with E-state index in [2.05, 4.69) is 5.10 Å². The van der Waals surface area contributed by atoms with Crippen LogP contribution in [-0.4, -0.2) is 28.1 Å². The molecule has 0 bridgehead atoms. The van der Waals surface area contributed by atoms with Crippen LogP contribution >= 0.6 is 11.6 Å². The van der Waals surface area contributed by atoms with Crippen molar-refractivity contribution in [3.63, 3.8) is 0 Å². The zero-order chi connectivity index (χ0) is 17.8. The Morgan fingerprint density at radius 1 is 1.08 bits per heavy atom. The van der Waals surface area contributed by atoms with Gasteiger partial charge < -0.3 is 4.74 Å². The largest absolute Gasteiger partial charge is 0.461 e. The van der Waals surface area contributed by atoms with Crippen LogP contribution in [0.5, 0.6) is 0 Å². The number of hydrogen-bond acceptors (Lipinski definition) is 4. The maximum atomic E-state index is 12.9. The summed E-state index contributed by atoms with van der Waals surface area (Å²) in [6, 6.07) is 17.1. The van der Waals surface area contributed by atoms with E-state index in [-0.39, 0.29) is 23.8 Å². The van der Waals surface area contributed by atoms with E-state index < -0.39 is 5.97 Å². The van der Waals surface area contributed by atoms with Crippen molar-refractivity contribution in [2.75, 3.05) is 6.61 Å². The number of benzene rings is 2. The number of esters is 1. The van der Waals surface area contributed by atoms with Crippen LogP contribution in [-0.2, 0) is 4.74 Å². The second kappa shape index (κ2) is 7.32. The molecule has 126 valence electrons. The third kappa shape index (κ3) is 3.61. The van der Waals surface area contributed by atoms with Crippen molar-refractivity contribution < 1.29 is 14.3 Å². The summed E-state index contributed by atoms with van der Waals surface area (Å²) in [6.07, 6.45) is 0. The standard InChI is InChI=1S/C19H15ClN2O3/c1-2-25-19(24)16-12-17(18(23)13-6-4-3-5-7-13)22(21-16)15-10-8-14(20)9-11-15/h3-12H,2H2,1H3. The lowest BCUT2D eigenvalue weighted by Gasteiger charge is -2.07. The van der Waals surface area contributed by atoms with Crippen LogP contribution in [0.25, 0.3) is 5.69 Å². The molecule has 0 saturated heterocycles. The Kier molecular flexibility index (Phi) is 4.95. The Bertz CT molecular complexity index is 902. The van der Waals surface area contributed by atoms with Crippen LogP contribution in [0.15, 0.2) is 60.7 Å². The molecule has 0 aliphatic rings. The number of ether oxygens (including phenoxy) is 1. The highest BCUT2D eigenvalue weighted by atomic mass is 35.5. The minimum Gasteiger partial charge on any atom is -0.461 e. The first-order chi connectivity index (χ1) is 12.1. The monoisotopic (exact) mass is 354 g/mol. The first kappa shape index (κ1) is 16.9. The number of halogens is 1. The highest BCUT2D eigenvalue weighted by molar-refractivity contribution is 6.30. The fourth-order valence-electron chi connectivity index (χ4n) is 2.36. The molecule has 3 rings (SSSR count). The number of rotatable bonds is 5. The zero-order valence-electron chi connectivity index (χ0n) is 13.5. The average molecular weight is 355 g/mol. The maximum absolute atomic E-state index is 12.9. The number of hydrogen-bond donors (Lipinski definition) is 0. The quantitative estimate of drug-likeness (QED) is 0.514. The molecule has 1 aromatic heterocycles. The highest BCUT2D eigenvalue weighted by Gasteiger charge is 2.22. The van der Waals surface area contributed by atoms with Gasteiger partial charge in [0.1, 0.15) is 5.69 Å². The molecule has 6 heteroatoms. The molecular formula is C19H15ClN2O3. The minimum atomic E-state index is -0.572. The predicted molar refractivity (Wildman–Crippen MR) is 94.4 cm³/mol. The molecule has 0 aliphatic carbocycles. The highest BCUT2D eigenvalue weighted by Crippen LogP contribution is 2.19. The van der Waals surface area contributed by atoms with E-state index in [4.69, 9.17) is 16.3 Å². The number of ketones is 1. The number of carbonyl (C=O) groups is 2. The van der Waals surface area contributed by atoms with Gasteiger partial charge in [0.25, 0.3) is 0 Å². The van der Waals surface area contributed by atoms with Crippen molar-refractivity contribution in [2.45, 2.75) is 6.92 Å². The summed E-state index contributed by atoms with van der Waals surface area (Å²) in [6.45, 7) is 1.94. The van der Waals surface area contributed by atoms with E-state index in [0.29, 0.717) is 16.3 Å². The summed E-state index contributed by atoms with van der Waals surface area (Å²) >= 11 is 5.92. The van der Waals surface area contributed by atoms with E-state index >= 15 is 0 Å². The van der Waals surface area contributed by atoms with Gasteiger partial charge in [-0.3, -0.25) is 4.79 Å². The lowest BCUT2D eigenvalue weighted by atomic mass is 10.1. The van der Waals surface area contributed by atoms with Crippen LogP contribution in [0, 0.1) is 0 Å². The van der Waals surface area contributed by atoms with Gasteiger partial charge in [0.15, 0.2) is 5.69 Å². The van der Waals surface area contributed by atoms with Crippen LogP contribution in [0.4, 0.5) is 0 Å². The third-order valence-electron chi connectivity index (χ3n) is 3.53. The number of carbonyl (C=O) groups excluding carboxylic acids is 2. The second-order valence-corrected chi connectivity index (χ2v) is 5.66. The van der Waals surface area contributed by atoms with Gasteiger partial charge in [0.2, 0.25) is 5.78 Å². The van der Waals surface area contributed by atoms with Crippen molar-refractivity contribution in [1.29, 1.82) is 0 Å². The van der Waals surface area contributed by atoms with Crippen molar-refractivity contribution in [3.05, 3.63) is 82.6 Å². The second-order valence-electron chi connectivity index (χ2n) is 5.22. The molecule has 0 fully saturated rings. The lowest BCUT2D eigenvalue weighted by Crippen LogP contribution is -2.10. The third-order valence-corrected chi connectivity index (χ3v) is 3.79. The molecule has 5 nitrogen and oxygen atoms in total. The molecule has 0 unspecified atom stereocenters. The van der Waals surface area contributed by atoms with Crippen molar-refractivity contribution in [3.8, 4) is 5.69 Å². The van der Waals surface area contributed by atoms with E-state index in [0.717, 1.165) is 0 Å². The Labute approximate surface area is 149 Å². The molecule has 1 heterocycles. The summed E-state index contributed by atoms with van der Waals surface area (Å²) in [5.74, 6) is -0.809. The molecule has 0 N–H and O–H groups in total. The lowest BCUT2D eigenvalue weighted by molar-refractivity contribution is 0.0519. The van der Waals surface area contributed by atoms with Gasteiger partial charge in [-0.05, 0) is 31.2 Å². The smallest absolute Gasteiger partial charge is 0.358 e. The van der Waals surface area contributed by atoms with Gasteiger partial charge in [0.05, 0.1) is 12.3 Å². The predicted octanol–water partition coefficient (Wildman–Crippen LogP) is 3.93. The van der Waals surface area contributed by atoms with Crippen LogP contribution in [0.3, 0.4) is 0 Å². The summed E-state index contributed by atoms with van der Waals surface area (Å²) in [4.78, 5) is 24.9. The average Bonchev–Trinajstić information content (AvgIpc) is 3.08. The Balaban J connectivity index is 2.10. The maximum Gasteiger partial charge on any atom is 0.358 e. The Hall–Kier alpha value is -2.92. The summed E-state index contributed by atoms with van der Waals surface area (Å²) in [7, 11) is 0. The summed E-state index contributed by atoms with van der Waals surface area (Å²) < 4.78 is 6.42.